The van der Waals surface area contributed by atoms with Crippen LogP contribution in [0.4, 0.5) is 10.1 Å². The summed E-state index contributed by atoms with van der Waals surface area (Å²) in [6, 6.07) is 2.58. The van der Waals surface area contributed by atoms with E-state index in [1.54, 1.807) is 0 Å². The fourth-order valence-electron chi connectivity index (χ4n) is 0.748. The zero-order valence-electron chi connectivity index (χ0n) is 6.92. The molecule has 1 aromatic heterocycles. The summed E-state index contributed by atoms with van der Waals surface area (Å²) in [4.78, 5) is 3.50. The van der Waals surface area contributed by atoms with Crippen LogP contribution in [0.5, 0.6) is 0 Å². The molecule has 0 saturated heterocycles. The Kier molecular flexibility index (Phi) is 3.23. The Hall–Kier alpha value is -1.60. The molecule has 0 bridgehead atoms. The van der Waals surface area contributed by atoms with Gasteiger partial charge >= 0.3 is 0 Å². The van der Waals surface area contributed by atoms with Crippen LogP contribution in [-0.2, 0) is 0 Å². The van der Waals surface area contributed by atoms with Gasteiger partial charge in [-0.05, 0) is 18.1 Å². The molecule has 0 aliphatic heterocycles. The van der Waals surface area contributed by atoms with Crippen LogP contribution in [-0.4, -0.2) is 16.7 Å². The summed E-state index contributed by atoms with van der Waals surface area (Å²) >= 11 is 0. The summed E-state index contributed by atoms with van der Waals surface area (Å²) in [5, 5.41) is 8.44. The van der Waals surface area contributed by atoms with Crippen molar-refractivity contribution in [3.05, 3.63) is 23.8 Å². The van der Waals surface area contributed by atoms with E-state index in [1.807, 2.05) is 0 Å². The van der Waals surface area contributed by atoms with Crippen LogP contribution in [0.1, 0.15) is 12.1 Å². The van der Waals surface area contributed by atoms with Crippen LogP contribution in [0.2, 0.25) is 0 Å². The predicted molar refractivity (Wildman–Crippen MR) is 47.2 cm³/mol. The summed E-state index contributed by atoms with van der Waals surface area (Å²) in [6.07, 6.45) is 0.331. The van der Waals surface area contributed by atoms with Crippen LogP contribution in [0.25, 0.3) is 0 Å². The highest BCUT2D eigenvalue weighted by atomic mass is 19.1. The number of nitrogen functional groups attached to an aromatic ring is 1. The van der Waals surface area contributed by atoms with Crippen molar-refractivity contribution in [2.45, 2.75) is 6.42 Å². The molecule has 0 aliphatic rings. The van der Waals surface area contributed by atoms with Gasteiger partial charge in [0.25, 0.3) is 0 Å². The third-order valence-electron chi connectivity index (χ3n) is 1.34. The maximum atomic E-state index is 12.6. The number of aliphatic hydroxyl groups is 1. The molecular formula is C9H9FN2O. The second-order valence-electron chi connectivity index (χ2n) is 2.35. The maximum absolute atomic E-state index is 12.6. The minimum absolute atomic E-state index is 0.0256. The molecule has 13 heavy (non-hydrogen) atoms. The topological polar surface area (TPSA) is 59.1 Å². The molecule has 1 rings (SSSR count). The first-order chi connectivity index (χ1) is 6.24. The van der Waals surface area contributed by atoms with E-state index in [0.717, 1.165) is 0 Å². The lowest BCUT2D eigenvalue weighted by molar-refractivity contribution is 0.305. The maximum Gasteiger partial charge on any atom is 0.214 e. The zero-order chi connectivity index (χ0) is 9.68. The normalized spacial score (nSPS) is 9.08. The molecule has 3 nitrogen and oxygen atoms in total. The van der Waals surface area contributed by atoms with Gasteiger partial charge < -0.3 is 10.8 Å². The first-order valence-electron chi connectivity index (χ1n) is 3.76. The molecule has 0 fully saturated rings. The van der Waals surface area contributed by atoms with Crippen LogP contribution in [0, 0.1) is 17.8 Å². The number of nitrogens with zero attached hydrogens (tertiary/aromatic N) is 1. The fraction of sp³-hybridized carbons (Fsp3) is 0.222. The molecule has 0 aromatic carbocycles. The van der Waals surface area contributed by atoms with Gasteiger partial charge in [-0.3, -0.25) is 0 Å². The molecule has 0 atom stereocenters. The number of rotatable bonds is 1. The lowest BCUT2D eigenvalue weighted by Gasteiger charge is -1.95. The molecular weight excluding hydrogens is 171 g/mol. The van der Waals surface area contributed by atoms with Crippen LogP contribution in [0.15, 0.2) is 12.1 Å². The van der Waals surface area contributed by atoms with Gasteiger partial charge in [0, 0.05) is 6.42 Å². The van der Waals surface area contributed by atoms with E-state index < -0.39 is 5.95 Å². The Morgan fingerprint density at radius 1 is 1.54 bits per heavy atom. The Morgan fingerprint density at radius 2 is 2.31 bits per heavy atom. The fourth-order valence-corrected chi connectivity index (χ4v) is 0.748. The molecule has 1 aromatic rings. The Labute approximate surface area is 75.4 Å². The highest BCUT2D eigenvalue weighted by molar-refractivity contribution is 5.51. The van der Waals surface area contributed by atoms with Gasteiger partial charge in [-0.1, -0.05) is 5.92 Å². The number of pyridine rings is 1. The highest BCUT2D eigenvalue weighted by Crippen LogP contribution is 2.07. The molecule has 0 unspecified atom stereocenters. The number of aromatic nitrogens is 1. The van der Waals surface area contributed by atoms with Crippen molar-refractivity contribution in [2.24, 2.45) is 0 Å². The van der Waals surface area contributed by atoms with Crippen molar-refractivity contribution in [2.75, 3.05) is 12.3 Å². The highest BCUT2D eigenvalue weighted by Gasteiger charge is 1.98. The minimum Gasteiger partial charge on any atom is -0.396 e. The van der Waals surface area contributed by atoms with Gasteiger partial charge in [0.15, 0.2) is 0 Å². The second-order valence-corrected chi connectivity index (χ2v) is 2.35. The van der Waals surface area contributed by atoms with E-state index in [2.05, 4.69) is 16.8 Å². The lowest BCUT2D eigenvalue weighted by atomic mass is 10.3. The van der Waals surface area contributed by atoms with E-state index in [-0.39, 0.29) is 12.3 Å². The van der Waals surface area contributed by atoms with E-state index in [0.29, 0.717) is 12.1 Å². The van der Waals surface area contributed by atoms with Gasteiger partial charge in [0.1, 0.15) is 5.69 Å². The second kappa shape index (κ2) is 4.43. The van der Waals surface area contributed by atoms with E-state index in [9.17, 15) is 4.39 Å². The first kappa shape index (κ1) is 9.49. The number of nitrogens with two attached hydrogens (primary N) is 1. The van der Waals surface area contributed by atoms with E-state index in [1.165, 1.54) is 12.1 Å². The van der Waals surface area contributed by atoms with Crippen molar-refractivity contribution in [1.29, 1.82) is 0 Å². The van der Waals surface area contributed by atoms with Crippen molar-refractivity contribution >= 4 is 5.69 Å². The molecule has 68 valence electrons. The van der Waals surface area contributed by atoms with Crippen molar-refractivity contribution in [3.8, 4) is 11.8 Å². The number of hydrogen-bond acceptors (Lipinski definition) is 3. The van der Waals surface area contributed by atoms with Crippen molar-refractivity contribution in [3.63, 3.8) is 0 Å². The Morgan fingerprint density at radius 3 is 3.00 bits per heavy atom. The van der Waals surface area contributed by atoms with Crippen molar-refractivity contribution < 1.29 is 9.50 Å². The smallest absolute Gasteiger partial charge is 0.214 e. The summed E-state index contributed by atoms with van der Waals surface area (Å²) in [7, 11) is 0. The van der Waals surface area contributed by atoms with Gasteiger partial charge in [-0.2, -0.15) is 4.39 Å². The van der Waals surface area contributed by atoms with Crippen LogP contribution < -0.4 is 5.73 Å². The number of hydrogen-bond donors (Lipinski definition) is 2. The Balaban J connectivity index is 2.89. The zero-order valence-corrected chi connectivity index (χ0v) is 6.92. The van der Waals surface area contributed by atoms with E-state index >= 15 is 0 Å². The number of anilines is 1. The monoisotopic (exact) mass is 180 g/mol. The summed E-state index contributed by atoms with van der Waals surface area (Å²) < 4.78 is 12.6. The van der Waals surface area contributed by atoms with Crippen molar-refractivity contribution in [1.82, 2.24) is 4.98 Å². The number of aliphatic hydroxyl groups excluding tert-OH is 1. The number of halogens is 1. The molecule has 3 N–H and O–H groups in total. The average Bonchev–Trinajstić information content (AvgIpc) is 2.11. The van der Waals surface area contributed by atoms with Gasteiger partial charge in [0.05, 0.1) is 12.3 Å². The molecule has 4 heteroatoms. The lowest BCUT2D eigenvalue weighted by Crippen LogP contribution is -1.95. The van der Waals surface area contributed by atoms with Gasteiger partial charge in [-0.15, -0.1) is 0 Å². The van der Waals surface area contributed by atoms with Crippen LogP contribution >= 0.6 is 0 Å². The van der Waals surface area contributed by atoms with E-state index in [4.69, 9.17) is 10.8 Å². The summed E-state index contributed by atoms with van der Waals surface area (Å²) in [5.41, 5.74) is 6.03. The third kappa shape index (κ3) is 2.73. The summed E-state index contributed by atoms with van der Waals surface area (Å²) in [5.74, 6) is 4.57. The third-order valence-corrected chi connectivity index (χ3v) is 1.34. The first-order valence-corrected chi connectivity index (χ1v) is 3.76. The molecule has 0 radical (unpaired) electrons. The largest absolute Gasteiger partial charge is 0.396 e. The summed E-state index contributed by atoms with van der Waals surface area (Å²) in [6.45, 7) is -0.0256. The molecule has 0 saturated carbocycles. The SMILES string of the molecule is Nc1ccc(F)nc1C#CCCO. The Bertz CT molecular complexity index is 354. The molecule has 0 spiro atoms. The molecule has 0 aliphatic carbocycles. The quantitative estimate of drug-likeness (QED) is 0.489. The van der Waals surface area contributed by atoms with Crippen LogP contribution in [0.3, 0.4) is 0 Å². The average molecular weight is 180 g/mol. The van der Waals surface area contributed by atoms with Gasteiger partial charge in [-0.25, -0.2) is 4.98 Å². The molecule has 1 heterocycles. The standard InChI is InChI=1S/C9H9FN2O/c10-9-5-4-7(11)8(12-9)3-1-2-6-13/h4-5,13H,2,6,11H2. The minimum atomic E-state index is -0.609. The molecule has 0 amide bonds. The van der Waals surface area contributed by atoms with Gasteiger partial charge in [0.2, 0.25) is 5.95 Å². The predicted octanol–water partition coefficient (Wildman–Crippen LogP) is 0.537.